The zero-order chi connectivity index (χ0) is 19.5. The summed E-state index contributed by atoms with van der Waals surface area (Å²) in [6, 6.07) is 7.58. The number of methoxy groups -OCH3 is 1. The summed E-state index contributed by atoms with van der Waals surface area (Å²) in [4.78, 5) is 27.1. The molecule has 3 aliphatic heterocycles. The maximum absolute atomic E-state index is 12.6. The van der Waals surface area contributed by atoms with Crippen LogP contribution in [0.2, 0.25) is 0 Å². The van der Waals surface area contributed by atoms with Crippen LogP contribution in [0.1, 0.15) is 25.7 Å². The number of benzene rings is 1. The van der Waals surface area contributed by atoms with E-state index in [1.54, 1.807) is 19.2 Å². The predicted molar refractivity (Wildman–Crippen MR) is 104 cm³/mol. The Morgan fingerprint density at radius 1 is 1.29 bits per heavy atom. The summed E-state index contributed by atoms with van der Waals surface area (Å²) < 4.78 is 10.7. The molecule has 0 saturated carbocycles. The standard InChI is InChI=1S/C21H29N3O4/c1-27-16-4-2-5-17(9-16)28-13-20(25)23-12-19-15-8-14(10-22-11-15)18-6-3-7-21(26)24(18)19/h2,4-5,9,14-15,18-19,22H,3,6-8,10-13H2,1H3,(H,23,25)/t14-,15+,18+,19+/m1/s1. The molecule has 1 aromatic rings. The van der Waals surface area contributed by atoms with E-state index in [-0.39, 0.29) is 24.5 Å². The molecular formula is C21H29N3O4. The lowest BCUT2D eigenvalue weighted by Crippen LogP contribution is -2.66. The van der Waals surface area contributed by atoms with Gasteiger partial charge in [0.15, 0.2) is 6.61 Å². The van der Waals surface area contributed by atoms with Gasteiger partial charge in [0.25, 0.3) is 5.91 Å². The van der Waals surface area contributed by atoms with E-state index in [1.807, 2.05) is 12.1 Å². The maximum Gasteiger partial charge on any atom is 0.258 e. The Bertz CT molecular complexity index is 725. The Kier molecular flexibility index (Phi) is 5.71. The van der Waals surface area contributed by atoms with E-state index >= 15 is 0 Å². The fourth-order valence-corrected chi connectivity index (χ4v) is 5.01. The third kappa shape index (κ3) is 3.94. The van der Waals surface area contributed by atoms with Crippen LogP contribution in [0, 0.1) is 11.8 Å². The smallest absolute Gasteiger partial charge is 0.258 e. The molecule has 3 fully saturated rings. The fourth-order valence-electron chi connectivity index (χ4n) is 5.01. The van der Waals surface area contributed by atoms with E-state index in [0.29, 0.717) is 42.3 Å². The first-order valence-electron chi connectivity index (χ1n) is 10.2. The fraction of sp³-hybridized carbons (Fsp3) is 0.619. The number of rotatable bonds is 6. The van der Waals surface area contributed by atoms with Crippen molar-refractivity contribution in [2.45, 2.75) is 37.8 Å². The van der Waals surface area contributed by atoms with Crippen LogP contribution in [-0.2, 0) is 9.59 Å². The lowest BCUT2D eigenvalue weighted by atomic mass is 9.72. The topological polar surface area (TPSA) is 79.9 Å². The molecule has 0 aromatic heterocycles. The Morgan fingerprint density at radius 3 is 2.96 bits per heavy atom. The number of fused-ring (bicyclic) bond motifs is 4. The van der Waals surface area contributed by atoms with E-state index in [0.717, 1.165) is 32.4 Å². The van der Waals surface area contributed by atoms with Crippen molar-refractivity contribution >= 4 is 11.8 Å². The molecule has 0 aliphatic carbocycles. The zero-order valence-corrected chi connectivity index (χ0v) is 16.4. The lowest BCUT2D eigenvalue weighted by Gasteiger charge is -2.54. The molecule has 7 nitrogen and oxygen atoms in total. The van der Waals surface area contributed by atoms with Crippen molar-refractivity contribution in [3.8, 4) is 11.5 Å². The Labute approximate surface area is 165 Å². The van der Waals surface area contributed by atoms with Gasteiger partial charge in [0.1, 0.15) is 11.5 Å². The lowest BCUT2D eigenvalue weighted by molar-refractivity contribution is -0.149. The third-order valence-corrected chi connectivity index (χ3v) is 6.32. The van der Waals surface area contributed by atoms with Crippen LogP contribution in [-0.4, -0.2) is 62.1 Å². The number of amides is 2. The molecule has 4 atom stereocenters. The number of piperidine rings is 3. The molecule has 7 heteroatoms. The maximum atomic E-state index is 12.6. The van der Waals surface area contributed by atoms with Crippen molar-refractivity contribution in [2.75, 3.05) is 33.4 Å². The van der Waals surface area contributed by atoms with E-state index in [4.69, 9.17) is 9.47 Å². The monoisotopic (exact) mass is 387 g/mol. The van der Waals surface area contributed by atoms with Crippen LogP contribution in [0.4, 0.5) is 0 Å². The molecule has 3 heterocycles. The number of nitrogens with zero attached hydrogens (tertiary/aromatic N) is 1. The Hall–Kier alpha value is -2.28. The van der Waals surface area contributed by atoms with Gasteiger partial charge in [0.2, 0.25) is 5.91 Å². The van der Waals surface area contributed by atoms with E-state index in [1.165, 1.54) is 0 Å². The quantitative estimate of drug-likeness (QED) is 0.766. The highest BCUT2D eigenvalue weighted by Crippen LogP contribution is 2.39. The molecule has 28 heavy (non-hydrogen) atoms. The van der Waals surface area contributed by atoms with Crippen LogP contribution >= 0.6 is 0 Å². The number of carbonyl (C=O) groups is 2. The highest BCUT2D eigenvalue weighted by atomic mass is 16.5. The van der Waals surface area contributed by atoms with Gasteiger partial charge in [-0.2, -0.15) is 0 Å². The molecule has 3 aliphatic rings. The number of ether oxygens (including phenoxy) is 2. The van der Waals surface area contributed by atoms with Gasteiger partial charge < -0.3 is 25.0 Å². The molecule has 3 saturated heterocycles. The highest BCUT2D eigenvalue weighted by molar-refractivity contribution is 5.79. The molecule has 0 radical (unpaired) electrons. The van der Waals surface area contributed by atoms with Gasteiger partial charge >= 0.3 is 0 Å². The van der Waals surface area contributed by atoms with Crippen molar-refractivity contribution in [1.82, 2.24) is 15.5 Å². The molecule has 152 valence electrons. The third-order valence-electron chi connectivity index (χ3n) is 6.32. The van der Waals surface area contributed by atoms with Crippen LogP contribution in [0.5, 0.6) is 11.5 Å². The van der Waals surface area contributed by atoms with Crippen molar-refractivity contribution in [3.63, 3.8) is 0 Å². The van der Waals surface area contributed by atoms with Gasteiger partial charge in [-0.05, 0) is 49.8 Å². The molecule has 2 bridgehead atoms. The largest absolute Gasteiger partial charge is 0.497 e. The molecular weight excluding hydrogens is 358 g/mol. The van der Waals surface area contributed by atoms with Gasteiger partial charge in [-0.3, -0.25) is 9.59 Å². The van der Waals surface area contributed by atoms with Crippen molar-refractivity contribution in [1.29, 1.82) is 0 Å². The van der Waals surface area contributed by atoms with Crippen molar-refractivity contribution in [2.24, 2.45) is 11.8 Å². The van der Waals surface area contributed by atoms with Gasteiger partial charge in [0.05, 0.1) is 13.2 Å². The normalized spacial score (nSPS) is 29.0. The van der Waals surface area contributed by atoms with Gasteiger partial charge in [0, 0.05) is 31.6 Å². The Balaban J connectivity index is 1.34. The second-order valence-electron chi connectivity index (χ2n) is 8.01. The number of carbonyl (C=O) groups excluding carboxylic acids is 2. The first kappa shape index (κ1) is 19.1. The molecule has 1 aromatic carbocycles. The van der Waals surface area contributed by atoms with Crippen molar-refractivity contribution < 1.29 is 19.1 Å². The molecule has 0 unspecified atom stereocenters. The summed E-state index contributed by atoms with van der Waals surface area (Å²) in [6.07, 6.45) is 3.83. The van der Waals surface area contributed by atoms with Gasteiger partial charge in [-0.25, -0.2) is 0 Å². The molecule has 0 spiro atoms. The second-order valence-corrected chi connectivity index (χ2v) is 8.01. The first-order valence-corrected chi connectivity index (χ1v) is 10.2. The summed E-state index contributed by atoms with van der Waals surface area (Å²) in [6.45, 7) is 2.34. The average Bonchev–Trinajstić information content (AvgIpc) is 2.73. The van der Waals surface area contributed by atoms with E-state index in [9.17, 15) is 9.59 Å². The van der Waals surface area contributed by atoms with Gasteiger partial charge in [-0.15, -0.1) is 0 Å². The minimum atomic E-state index is -0.172. The SMILES string of the molecule is COc1cccc(OCC(=O)NC[C@H]2[C@@H]3CNC[C@@H](C3)[C@@H]3CCCC(=O)N32)c1. The number of hydrogen-bond donors (Lipinski definition) is 2. The first-order chi connectivity index (χ1) is 13.7. The molecule has 2 N–H and O–H groups in total. The summed E-state index contributed by atoms with van der Waals surface area (Å²) in [5, 5.41) is 6.51. The highest BCUT2D eigenvalue weighted by Gasteiger charge is 2.47. The number of nitrogens with one attached hydrogen (secondary N) is 2. The second kappa shape index (κ2) is 8.39. The van der Waals surface area contributed by atoms with Crippen LogP contribution in [0.15, 0.2) is 24.3 Å². The van der Waals surface area contributed by atoms with Crippen LogP contribution in [0.3, 0.4) is 0 Å². The summed E-state index contributed by atoms with van der Waals surface area (Å²) in [5.74, 6) is 2.31. The zero-order valence-electron chi connectivity index (χ0n) is 16.4. The summed E-state index contributed by atoms with van der Waals surface area (Å²) in [7, 11) is 1.59. The minimum Gasteiger partial charge on any atom is -0.497 e. The summed E-state index contributed by atoms with van der Waals surface area (Å²) in [5.41, 5.74) is 0. The Morgan fingerprint density at radius 2 is 2.11 bits per heavy atom. The molecule has 4 rings (SSSR count). The summed E-state index contributed by atoms with van der Waals surface area (Å²) >= 11 is 0. The van der Waals surface area contributed by atoms with Crippen LogP contribution in [0.25, 0.3) is 0 Å². The predicted octanol–water partition coefficient (Wildman–Crippen LogP) is 1.18. The van der Waals surface area contributed by atoms with E-state index < -0.39 is 0 Å². The van der Waals surface area contributed by atoms with Crippen molar-refractivity contribution in [3.05, 3.63) is 24.3 Å². The van der Waals surface area contributed by atoms with Crippen LogP contribution < -0.4 is 20.1 Å². The van der Waals surface area contributed by atoms with Gasteiger partial charge in [-0.1, -0.05) is 6.07 Å². The minimum absolute atomic E-state index is 0.0528. The molecule has 2 amide bonds. The average molecular weight is 387 g/mol. The number of hydrogen-bond acceptors (Lipinski definition) is 5. The van der Waals surface area contributed by atoms with E-state index in [2.05, 4.69) is 15.5 Å².